The van der Waals surface area contributed by atoms with Crippen LogP contribution in [0.2, 0.25) is 0 Å². The summed E-state index contributed by atoms with van der Waals surface area (Å²) in [7, 11) is 0. The molecule has 2 fully saturated rings. The number of urea groups is 1. The smallest absolute Gasteiger partial charge is 0.323 e. The van der Waals surface area contributed by atoms with Gasteiger partial charge in [-0.1, -0.05) is 0 Å². The van der Waals surface area contributed by atoms with E-state index in [4.69, 9.17) is 0 Å². The van der Waals surface area contributed by atoms with Crippen LogP contribution in [-0.4, -0.2) is 67.7 Å². The Bertz CT molecular complexity index is 602. The number of piperidine rings is 1. The third kappa shape index (κ3) is 3.02. The number of rotatable bonds is 5. The minimum Gasteiger partial charge on any atom is -0.323 e. The van der Waals surface area contributed by atoms with Gasteiger partial charge in [0.15, 0.2) is 0 Å². The van der Waals surface area contributed by atoms with Crippen LogP contribution in [0, 0.1) is 5.92 Å². The van der Waals surface area contributed by atoms with Crippen LogP contribution in [-0.2, 0) is 11.3 Å². The molecule has 0 aliphatic carbocycles. The van der Waals surface area contributed by atoms with Crippen molar-refractivity contribution in [2.45, 2.75) is 51.7 Å². The summed E-state index contributed by atoms with van der Waals surface area (Å²) in [5.74, 6) is 0.0350. The second-order valence-electron chi connectivity index (χ2n) is 7.20. The number of aromatic nitrogens is 3. The minimum absolute atomic E-state index is 0.0920. The molecule has 1 aromatic rings. The number of likely N-dealkylation sites (tertiary alicyclic amines) is 1. The van der Waals surface area contributed by atoms with Gasteiger partial charge in [-0.25, -0.2) is 9.78 Å². The Kier molecular flexibility index (Phi) is 4.58. The lowest BCUT2D eigenvalue weighted by molar-refractivity contribution is -0.134. The summed E-state index contributed by atoms with van der Waals surface area (Å²) in [6, 6.07) is -0.386. The van der Waals surface area contributed by atoms with Crippen molar-refractivity contribution >= 4 is 11.9 Å². The molecule has 8 heteroatoms. The van der Waals surface area contributed by atoms with E-state index in [1.807, 2.05) is 25.5 Å². The van der Waals surface area contributed by atoms with Gasteiger partial charge in [-0.3, -0.25) is 14.4 Å². The number of nitrogens with zero attached hydrogens (tertiary/aromatic N) is 5. The summed E-state index contributed by atoms with van der Waals surface area (Å²) in [5, 5.41) is 7.08. The number of carbonyl (C=O) groups excluding carboxylic acids is 2. The predicted octanol–water partition coefficient (Wildman–Crippen LogP) is 0.709. The number of amides is 3. The first kappa shape index (κ1) is 16.9. The van der Waals surface area contributed by atoms with E-state index in [1.165, 1.54) is 11.2 Å². The van der Waals surface area contributed by atoms with E-state index in [-0.39, 0.29) is 23.9 Å². The van der Waals surface area contributed by atoms with Crippen LogP contribution >= 0.6 is 0 Å². The van der Waals surface area contributed by atoms with Gasteiger partial charge in [-0.2, -0.15) is 5.10 Å². The molecule has 0 saturated carbocycles. The Labute approximate surface area is 142 Å². The van der Waals surface area contributed by atoms with Crippen LogP contribution in [0.3, 0.4) is 0 Å². The van der Waals surface area contributed by atoms with Crippen molar-refractivity contribution in [1.82, 2.24) is 29.9 Å². The average molecular weight is 334 g/mol. The van der Waals surface area contributed by atoms with Gasteiger partial charge < -0.3 is 10.2 Å². The lowest BCUT2D eigenvalue weighted by Crippen LogP contribution is -2.56. The molecule has 0 aromatic carbocycles. The van der Waals surface area contributed by atoms with E-state index in [0.29, 0.717) is 0 Å². The second-order valence-corrected chi connectivity index (χ2v) is 7.20. The normalized spacial score (nSPS) is 28.7. The standard InChI is InChI=1S/C16H26N6O2/c1-12(2)22-14(23)16(3,19-15(22)24)13-5-4-6-20(9-13)7-8-21-11-17-10-18-21/h10-13H,4-9H2,1-3H3,(H,19,24)/t13-,16+/m1/s1. The Balaban J connectivity index is 1.65. The molecule has 0 radical (unpaired) electrons. The molecule has 2 aliphatic heterocycles. The van der Waals surface area contributed by atoms with E-state index in [1.54, 1.807) is 6.33 Å². The van der Waals surface area contributed by atoms with Crippen molar-refractivity contribution in [2.75, 3.05) is 19.6 Å². The van der Waals surface area contributed by atoms with Crippen molar-refractivity contribution in [1.29, 1.82) is 0 Å². The first-order valence-electron chi connectivity index (χ1n) is 8.62. The van der Waals surface area contributed by atoms with E-state index >= 15 is 0 Å². The maximum absolute atomic E-state index is 12.8. The summed E-state index contributed by atoms with van der Waals surface area (Å²) < 4.78 is 1.81. The maximum atomic E-state index is 12.8. The van der Waals surface area contributed by atoms with Crippen LogP contribution in [0.5, 0.6) is 0 Å². The van der Waals surface area contributed by atoms with Crippen LogP contribution in [0.15, 0.2) is 12.7 Å². The fourth-order valence-corrected chi connectivity index (χ4v) is 3.75. The number of hydrogen-bond donors (Lipinski definition) is 1. The molecule has 0 spiro atoms. The number of imide groups is 1. The second kappa shape index (κ2) is 6.51. The van der Waals surface area contributed by atoms with E-state index in [2.05, 4.69) is 20.3 Å². The summed E-state index contributed by atoms with van der Waals surface area (Å²) in [6.07, 6.45) is 5.23. The molecule has 2 saturated heterocycles. The molecule has 1 N–H and O–H groups in total. The highest BCUT2D eigenvalue weighted by Gasteiger charge is 2.53. The predicted molar refractivity (Wildman–Crippen MR) is 88.1 cm³/mol. The van der Waals surface area contributed by atoms with Crippen LogP contribution in [0.4, 0.5) is 4.79 Å². The van der Waals surface area contributed by atoms with Crippen molar-refractivity contribution in [3.05, 3.63) is 12.7 Å². The SMILES string of the molecule is CC(C)N1C(=O)N[C@@](C)([C@@H]2CCCN(CCn3cncn3)C2)C1=O. The highest BCUT2D eigenvalue weighted by molar-refractivity contribution is 6.07. The van der Waals surface area contributed by atoms with Crippen molar-refractivity contribution in [3.8, 4) is 0 Å². The molecular weight excluding hydrogens is 308 g/mol. The third-order valence-corrected chi connectivity index (χ3v) is 5.20. The molecule has 3 heterocycles. The third-order valence-electron chi connectivity index (χ3n) is 5.20. The Morgan fingerprint density at radius 2 is 2.17 bits per heavy atom. The summed E-state index contributed by atoms with van der Waals surface area (Å²) in [5.41, 5.74) is -0.798. The lowest BCUT2D eigenvalue weighted by Gasteiger charge is -2.39. The molecule has 3 amide bonds. The molecule has 132 valence electrons. The molecular formula is C16H26N6O2. The fraction of sp³-hybridized carbons (Fsp3) is 0.750. The minimum atomic E-state index is -0.798. The zero-order valence-electron chi connectivity index (χ0n) is 14.6. The van der Waals surface area contributed by atoms with Crippen LogP contribution in [0.25, 0.3) is 0 Å². The van der Waals surface area contributed by atoms with Crippen molar-refractivity contribution in [2.24, 2.45) is 5.92 Å². The molecule has 24 heavy (non-hydrogen) atoms. The summed E-state index contributed by atoms with van der Waals surface area (Å²) in [4.78, 5) is 32.7. The molecule has 2 atom stereocenters. The Morgan fingerprint density at radius 3 is 2.79 bits per heavy atom. The van der Waals surface area contributed by atoms with Gasteiger partial charge in [0.1, 0.15) is 18.2 Å². The van der Waals surface area contributed by atoms with E-state index < -0.39 is 5.54 Å². The molecule has 0 unspecified atom stereocenters. The Morgan fingerprint density at radius 1 is 1.38 bits per heavy atom. The van der Waals surface area contributed by atoms with Crippen molar-refractivity contribution in [3.63, 3.8) is 0 Å². The van der Waals surface area contributed by atoms with Gasteiger partial charge in [-0.05, 0) is 40.2 Å². The maximum Gasteiger partial charge on any atom is 0.325 e. The van der Waals surface area contributed by atoms with Crippen molar-refractivity contribution < 1.29 is 9.59 Å². The van der Waals surface area contributed by atoms with Gasteiger partial charge in [-0.15, -0.1) is 0 Å². The highest BCUT2D eigenvalue weighted by Crippen LogP contribution is 2.33. The summed E-state index contributed by atoms with van der Waals surface area (Å²) >= 11 is 0. The molecule has 1 aromatic heterocycles. The molecule has 2 aliphatic rings. The van der Waals surface area contributed by atoms with E-state index in [9.17, 15) is 9.59 Å². The molecule has 0 bridgehead atoms. The zero-order chi connectivity index (χ0) is 17.3. The fourth-order valence-electron chi connectivity index (χ4n) is 3.75. The Hall–Kier alpha value is -1.96. The van der Waals surface area contributed by atoms with Gasteiger partial charge in [0, 0.05) is 25.0 Å². The first-order valence-corrected chi connectivity index (χ1v) is 8.62. The quantitative estimate of drug-likeness (QED) is 0.802. The summed E-state index contributed by atoms with van der Waals surface area (Å²) in [6.45, 7) is 9.08. The monoisotopic (exact) mass is 334 g/mol. The number of carbonyl (C=O) groups is 2. The first-order chi connectivity index (χ1) is 11.4. The lowest BCUT2D eigenvalue weighted by atomic mass is 9.80. The number of hydrogen-bond acceptors (Lipinski definition) is 5. The zero-order valence-corrected chi connectivity index (χ0v) is 14.6. The average Bonchev–Trinajstić information content (AvgIpc) is 3.13. The van der Waals surface area contributed by atoms with Gasteiger partial charge >= 0.3 is 6.03 Å². The van der Waals surface area contributed by atoms with Gasteiger partial charge in [0.05, 0.1) is 6.54 Å². The largest absolute Gasteiger partial charge is 0.325 e. The molecule has 3 rings (SSSR count). The molecule has 8 nitrogen and oxygen atoms in total. The number of nitrogens with one attached hydrogen (secondary N) is 1. The van der Waals surface area contributed by atoms with Gasteiger partial charge in [0.2, 0.25) is 0 Å². The highest BCUT2D eigenvalue weighted by atomic mass is 16.2. The van der Waals surface area contributed by atoms with E-state index in [0.717, 1.165) is 39.0 Å². The van der Waals surface area contributed by atoms with Crippen LogP contribution in [0.1, 0.15) is 33.6 Å². The van der Waals surface area contributed by atoms with Crippen LogP contribution < -0.4 is 5.32 Å². The topological polar surface area (TPSA) is 83.4 Å². The van der Waals surface area contributed by atoms with Gasteiger partial charge in [0.25, 0.3) is 5.91 Å².